The summed E-state index contributed by atoms with van der Waals surface area (Å²) in [7, 11) is 0. The molecule has 3 unspecified atom stereocenters. The lowest BCUT2D eigenvalue weighted by molar-refractivity contribution is -0.156. The normalized spacial score (nSPS) is 18.0. The molecule has 3 aromatic carbocycles. The Morgan fingerprint density at radius 2 is 0.913 bits per heavy atom. The fraction of sp³-hybridized carbons (Fsp3) is 0.463. The van der Waals surface area contributed by atoms with Crippen molar-refractivity contribution in [3.8, 4) is 29.1 Å². The summed E-state index contributed by atoms with van der Waals surface area (Å²) in [5.41, 5.74) is 2.45. The minimum Gasteiger partial charge on any atom is -0.465 e. The van der Waals surface area contributed by atoms with Gasteiger partial charge in [0.25, 0.3) is 5.70 Å². The Morgan fingerprint density at radius 3 is 1.32 bits per heavy atom. The van der Waals surface area contributed by atoms with Crippen molar-refractivity contribution in [2.24, 2.45) is 23.7 Å². The van der Waals surface area contributed by atoms with Gasteiger partial charge in [-0.3, -0.25) is 38.4 Å². The summed E-state index contributed by atoms with van der Waals surface area (Å²) >= 11 is 2.16. The SMILES string of the molecule is [C-]#[N+]/C(C#N)=C1\Sc2c(OC(=O)[C@H]3CC[C@H](C(=O)Oc4ccc(CCOC(=O)CCC(=O)OCC(C)OC(=O)C=C)cc4)CC3)c(C)c(C)c(OC(=O)[C@H]3CC[C@H](C(=O)Oc4ccc(CCOC(=O)CCC(=O)OC(C)COC(C)COC(=O)C=C)cc4)CC3)c2S1. The molecule has 0 aromatic heterocycles. The average Bonchev–Trinajstić information content (AvgIpc) is 1.56. The lowest BCUT2D eigenvalue weighted by Gasteiger charge is -2.27. The second-order valence-electron chi connectivity index (χ2n) is 22.1. The van der Waals surface area contributed by atoms with E-state index in [-0.39, 0.29) is 75.9 Å². The fourth-order valence-electron chi connectivity index (χ4n) is 9.69. The quantitative estimate of drug-likeness (QED) is 0.0144. The van der Waals surface area contributed by atoms with Crippen molar-refractivity contribution in [2.75, 3.05) is 33.0 Å². The van der Waals surface area contributed by atoms with Crippen LogP contribution in [0.2, 0.25) is 0 Å². The lowest BCUT2D eigenvalue weighted by Crippen LogP contribution is -2.31. The van der Waals surface area contributed by atoms with Gasteiger partial charge in [-0.05, 0) is 133 Å². The highest BCUT2D eigenvalue weighted by Gasteiger charge is 2.38. The standard InChI is InChI=1S/C67H74N2O21S2/c1-9-53(70)83-36-39(3)82-37-40(4)86-58(75)30-29-56(73)81-34-32-45-13-25-51(26-14-45)88-64(77)47-17-21-49(22-18-47)66(79)90-60-43(7)42(6)59(61-62(60)92-67(91-61)52(35-68)69-8)89-65(78)48-19-15-46(16-20-48)63(76)87-50-23-11-44(12-24-50)31-33-80-55(72)27-28-57(74)84-38-41(5)85-54(71)10-2/h9-14,23-26,39-41,46-49H,1-2,15-22,27-34,36-38H2,3-7H3/b67-52+/t39?,40?,41?,46-,47-,48-,49-. The minimum atomic E-state index is -0.676. The molecule has 0 spiro atoms. The van der Waals surface area contributed by atoms with Gasteiger partial charge in [-0.2, -0.15) is 0 Å². The Balaban J connectivity index is 0.915. The number of rotatable bonds is 31. The maximum atomic E-state index is 13.9. The smallest absolute Gasteiger partial charge is 0.330 e. The van der Waals surface area contributed by atoms with E-state index in [0.717, 1.165) is 46.8 Å². The Morgan fingerprint density at radius 1 is 0.533 bits per heavy atom. The molecule has 23 nitrogen and oxygen atoms in total. The number of carbonyl (C=O) groups excluding carboxylic acids is 10. The number of benzene rings is 3. The van der Waals surface area contributed by atoms with Gasteiger partial charge in [-0.1, -0.05) is 60.9 Å². The van der Waals surface area contributed by atoms with Crippen molar-refractivity contribution < 1.29 is 100 Å². The number of nitrogens with zero attached hydrogens (tertiary/aromatic N) is 2. The van der Waals surface area contributed by atoms with Crippen molar-refractivity contribution in [3.05, 3.63) is 117 Å². The summed E-state index contributed by atoms with van der Waals surface area (Å²) in [6.07, 6.45) is 3.08. The fourth-order valence-corrected chi connectivity index (χ4v) is 12.3. The van der Waals surface area contributed by atoms with Gasteiger partial charge in [-0.25, -0.2) is 19.7 Å². The van der Waals surface area contributed by atoms with Gasteiger partial charge in [0, 0.05) is 25.0 Å². The summed E-state index contributed by atoms with van der Waals surface area (Å²) in [6.45, 7) is 22.6. The van der Waals surface area contributed by atoms with Crippen LogP contribution in [0.25, 0.3) is 4.85 Å². The van der Waals surface area contributed by atoms with Gasteiger partial charge in [0.1, 0.15) is 48.4 Å². The van der Waals surface area contributed by atoms with Crippen LogP contribution in [0, 0.1) is 55.4 Å². The molecule has 0 N–H and O–H groups in total. The first-order valence-corrected chi connectivity index (χ1v) is 31.7. The molecular weight excluding hydrogens is 1230 g/mol. The number of carbonyl (C=O) groups is 10. The number of thioether (sulfide) groups is 2. The van der Waals surface area contributed by atoms with E-state index in [2.05, 4.69) is 18.0 Å². The molecule has 0 saturated heterocycles. The number of hydrogen-bond acceptors (Lipinski definition) is 24. The zero-order chi connectivity index (χ0) is 66.9. The van der Waals surface area contributed by atoms with Gasteiger partial charge in [0.15, 0.2) is 0 Å². The highest BCUT2D eigenvalue weighted by molar-refractivity contribution is 8.24. The van der Waals surface area contributed by atoms with Crippen LogP contribution in [0.15, 0.2) is 93.6 Å². The summed E-state index contributed by atoms with van der Waals surface area (Å²) in [5, 5.41) is 9.83. The Hall–Kier alpha value is -8.78. The molecule has 92 heavy (non-hydrogen) atoms. The van der Waals surface area contributed by atoms with Gasteiger partial charge in [0.05, 0.1) is 102 Å². The second kappa shape index (κ2) is 36.3. The molecule has 0 bridgehead atoms. The zero-order valence-electron chi connectivity index (χ0n) is 51.9. The van der Waals surface area contributed by atoms with Gasteiger partial charge >= 0.3 is 59.7 Å². The molecule has 2 fully saturated rings. The molecule has 2 saturated carbocycles. The lowest BCUT2D eigenvalue weighted by atomic mass is 9.82. The van der Waals surface area contributed by atoms with Crippen LogP contribution in [0.3, 0.4) is 0 Å². The number of nitriles is 1. The summed E-state index contributed by atoms with van der Waals surface area (Å²) in [5.74, 6) is -6.56. The van der Waals surface area contributed by atoms with Crippen molar-refractivity contribution >= 4 is 83.2 Å². The number of ether oxygens (including phenoxy) is 11. The summed E-state index contributed by atoms with van der Waals surface area (Å²) < 4.78 is 60.2. The maximum Gasteiger partial charge on any atom is 0.330 e. The van der Waals surface area contributed by atoms with Gasteiger partial charge < -0.3 is 52.1 Å². The predicted octanol–water partition coefficient (Wildman–Crippen LogP) is 10.2. The largest absolute Gasteiger partial charge is 0.465 e. The summed E-state index contributed by atoms with van der Waals surface area (Å²) in [6, 6.07) is 15.4. The van der Waals surface area contributed by atoms with Crippen molar-refractivity contribution in [3.63, 3.8) is 0 Å². The third-order valence-corrected chi connectivity index (χ3v) is 17.6. The first-order chi connectivity index (χ1) is 44.1. The molecule has 2 aliphatic carbocycles. The highest BCUT2D eigenvalue weighted by atomic mass is 32.2. The average molecular weight is 1310 g/mol. The third-order valence-electron chi connectivity index (χ3n) is 15.1. The van der Waals surface area contributed by atoms with E-state index < -0.39 is 102 Å². The van der Waals surface area contributed by atoms with Crippen molar-refractivity contribution in [2.45, 2.75) is 153 Å². The van der Waals surface area contributed by atoms with Crippen LogP contribution in [0.1, 0.15) is 120 Å². The Bertz CT molecular complexity index is 3310. The molecule has 0 radical (unpaired) electrons. The van der Waals surface area contributed by atoms with Crippen LogP contribution < -0.4 is 18.9 Å². The number of esters is 10. The zero-order valence-corrected chi connectivity index (χ0v) is 53.6. The molecule has 3 aromatic rings. The van der Waals surface area contributed by atoms with E-state index in [9.17, 15) is 53.2 Å². The monoisotopic (exact) mass is 1310 g/mol. The van der Waals surface area contributed by atoms with Gasteiger partial charge in [0.2, 0.25) is 0 Å². The molecule has 0 amide bonds. The molecule has 25 heteroatoms. The molecular formula is C67H74N2O21S2. The predicted molar refractivity (Wildman–Crippen MR) is 330 cm³/mol. The van der Waals surface area contributed by atoms with Crippen LogP contribution >= 0.6 is 23.5 Å². The third kappa shape index (κ3) is 22.6. The highest BCUT2D eigenvalue weighted by Crippen LogP contribution is 2.61. The summed E-state index contributed by atoms with van der Waals surface area (Å²) in [4.78, 5) is 130. The Labute approximate surface area is 541 Å². The van der Waals surface area contributed by atoms with E-state index in [0.29, 0.717) is 101 Å². The van der Waals surface area contributed by atoms with E-state index in [1.807, 2.05) is 6.07 Å². The minimum absolute atomic E-state index is 0.0137. The molecule has 490 valence electrons. The number of hydrogen-bond donors (Lipinski definition) is 0. The molecule has 3 atom stereocenters. The van der Waals surface area contributed by atoms with E-state index in [1.54, 1.807) is 83.1 Å². The van der Waals surface area contributed by atoms with E-state index in [1.165, 1.54) is 0 Å². The van der Waals surface area contributed by atoms with Crippen molar-refractivity contribution in [1.29, 1.82) is 5.26 Å². The van der Waals surface area contributed by atoms with Crippen LogP contribution in [-0.4, -0.2) is 111 Å². The topological polar surface area (TPSA) is 300 Å². The van der Waals surface area contributed by atoms with Crippen LogP contribution in [-0.2, 0) is 93.9 Å². The first kappa shape index (κ1) is 72.3. The first-order valence-electron chi connectivity index (χ1n) is 30.1. The van der Waals surface area contributed by atoms with E-state index in [4.69, 9.17) is 58.7 Å². The second-order valence-corrected chi connectivity index (χ2v) is 24.4. The molecule has 1 heterocycles. The number of fused-ring (bicyclic) bond motifs is 1. The van der Waals surface area contributed by atoms with Crippen LogP contribution in [0.4, 0.5) is 0 Å². The van der Waals surface area contributed by atoms with Gasteiger partial charge in [-0.15, -0.1) is 0 Å². The molecule has 3 aliphatic rings. The molecule has 6 rings (SSSR count). The maximum absolute atomic E-state index is 13.9. The van der Waals surface area contributed by atoms with Crippen molar-refractivity contribution in [1.82, 2.24) is 0 Å². The Kier molecular flexibility index (Phi) is 28.5. The number of allylic oxidation sites excluding steroid dienone is 1. The van der Waals surface area contributed by atoms with E-state index >= 15 is 0 Å². The van der Waals surface area contributed by atoms with Crippen LogP contribution in [0.5, 0.6) is 23.0 Å². The molecule has 1 aliphatic heterocycles.